The summed E-state index contributed by atoms with van der Waals surface area (Å²) in [6.45, 7) is 2.15. The Bertz CT molecular complexity index is 1360. The number of aliphatic imine (C=N–C) groups is 1. The highest BCUT2D eigenvalue weighted by atomic mass is 16.4. The SMILES string of the molecule is N#Cc1cccc(-c2cc(C(C=NCc3cccc(CN4CCC(C(=O)O)C4)n3)=NN)nc(N)n2)c1. The van der Waals surface area contributed by atoms with Crippen molar-refractivity contribution in [2.24, 2.45) is 21.9 Å². The number of benzene rings is 1. The molecule has 3 heterocycles. The smallest absolute Gasteiger partial charge is 0.307 e. The van der Waals surface area contributed by atoms with E-state index in [4.69, 9.17) is 16.8 Å². The normalized spacial score (nSPS) is 16.3. The first kappa shape index (κ1) is 24.4. The fourth-order valence-corrected chi connectivity index (χ4v) is 4.00. The molecule has 11 heteroatoms. The molecular formula is C25H25N9O2. The Morgan fingerprint density at radius 2 is 2.00 bits per heavy atom. The van der Waals surface area contributed by atoms with Crippen LogP contribution in [0.4, 0.5) is 5.95 Å². The van der Waals surface area contributed by atoms with Crippen molar-refractivity contribution in [2.75, 3.05) is 18.8 Å². The van der Waals surface area contributed by atoms with E-state index < -0.39 is 5.97 Å². The van der Waals surface area contributed by atoms with E-state index >= 15 is 0 Å². The summed E-state index contributed by atoms with van der Waals surface area (Å²) in [5.41, 5.74) is 9.99. The fourth-order valence-electron chi connectivity index (χ4n) is 4.00. The van der Waals surface area contributed by atoms with Crippen molar-refractivity contribution < 1.29 is 9.90 Å². The van der Waals surface area contributed by atoms with E-state index in [1.165, 1.54) is 6.21 Å². The van der Waals surface area contributed by atoms with E-state index in [1.54, 1.807) is 24.3 Å². The predicted octanol–water partition coefficient (Wildman–Crippen LogP) is 1.83. The van der Waals surface area contributed by atoms with Crippen LogP contribution in [0.2, 0.25) is 0 Å². The summed E-state index contributed by atoms with van der Waals surface area (Å²) >= 11 is 0. The molecule has 2 aromatic heterocycles. The number of aliphatic carboxylic acids is 1. The van der Waals surface area contributed by atoms with Gasteiger partial charge in [0.05, 0.1) is 53.1 Å². The van der Waals surface area contributed by atoms with Crippen LogP contribution in [0, 0.1) is 17.2 Å². The number of nitrogens with zero attached hydrogens (tertiary/aromatic N) is 7. The standard InChI is InChI=1S/C25H25N9O2/c26-11-16-3-1-4-17(9-16)21-10-22(32-25(27)31-21)23(33-28)13-29-12-19-5-2-6-20(30-19)15-34-8-7-18(14-34)24(35)36/h1-6,9-10,13,18H,7-8,12,14-15,28H2,(H,35,36)(H2,27,31,32). The Morgan fingerprint density at radius 1 is 1.19 bits per heavy atom. The molecular weight excluding hydrogens is 458 g/mol. The van der Waals surface area contributed by atoms with E-state index in [0.717, 1.165) is 17.9 Å². The molecule has 4 rings (SSSR count). The molecule has 1 fully saturated rings. The van der Waals surface area contributed by atoms with E-state index in [1.807, 2.05) is 24.3 Å². The minimum Gasteiger partial charge on any atom is -0.481 e. The zero-order valence-corrected chi connectivity index (χ0v) is 19.4. The van der Waals surface area contributed by atoms with Crippen LogP contribution in [0.5, 0.6) is 0 Å². The highest BCUT2D eigenvalue weighted by Crippen LogP contribution is 2.20. The van der Waals surface area contributed by atoms with Gasteiger partial charge in [-0.3, -0.25) is 19.7 Å². The number of carboxylic acids is 1. The summed E-state index contributed by atoms with van der Waals surface area (Å²) in [5, 5.41) is 22.2. The summed E-state index contributed by atoms with van der Waals surface area (Å²) < 4.78 is 0. The van der Waals surface area contributed by atoms with Crippen molar-refractivity contribution in [3.63, 3.8) is 0 Å². The van der Waals surface area contributed by atoms with Crippen molar-refractivity contribution >= 4 is 23.8 Å². The molecule has 0 radical (unpaired) electrons. The zero-order valence-electron chi connectivity index (χ0n) is 19.4. The third kappa shape index (κ3) is 6.05. The maximum atomic E-state index is 11.2. The van der Waals surface area contributed by atoms with Crippen LogP contribution in [0.3, 0.4) is 0 Å². The number of anilines is 1. The molecule has 0 bridgehead atoms. The molecule has 182 valence electrons. The fraction of sp³-hybridized carbons (Fsp3) is 0.240. The van der Waals surface area contributed by atoms with Gasteiger partial charge in [-0.2, -0.15) is 10.4 Å². The molecule has 1 aromatic carbocycles. The average molecular weight is 484 g/mol. The summed E-state index contributed by atoms with van der Waals surface area (Å²) in [4.78, 5) is 30.8. The van der Waals surface area contributed by atoms with Gasteiger partial charge in [-0.1, -0.05) is 18.2 Å². The average Bonchev–Trinajstić information content (AvgIpc) is 3.35. The second-order valence-electron chi connectivity index (χ2n) is 8.35. The first-order valence-electron chi connectivity index (χ1n) is 11.3. The van der Waals surface area contributed by atoms with Crippen molar-refractivity contribution in [3.8, 4) is 17.3 Å². The van der Waals surface area contributed by atoms with Gasteiger partial charge in [-0.25, -0.2) is 9.97 Å². The number of likely N-dealkylation sites (tertiary alicyclic amines) is 1. The summed E-state index contributed by atoms with van der Waals surface area (Å²) in [7, 11) is 0. The van der Waals surface area contributed by atoms with Gasteiger partial charge in [-0.05, 0) is 43.3 Å². The highest BCUT2D eigenvalue weighted by molar-refractivity contribution is 6.37. The van der Waals surface area contributed by atoms with Crippen molar-refractivity contribution in [1.29, 1.82) is 5.26 Å². The van der Waals surface area contributed by atoms with Crippen LogP contribution in [0.25, 0.3) is 11.3 Å². The molecule has 1 atom stereocenters. The van der Waals surface area contributed by atoms with Gasteiger partial charge in [-0.15, -0.1) is 0 Å². The molecule has 11 nitrogen and oxygen atoms in total. The van der Waals surface area contributed by atoms with E-state index in [0.29, 0.717) is 54.3 Å². The Labute approximate surface area is 207 Å². The monoisotopic (exact) mass is 483 g/mol. The minimum atomic E-state index is -0.751. The van der Waals surface area contributed by atoms with Gasteiger partial charge < -0.3 is 16.7 Å². The van der Waals surface area contributed by atoms with Crippen LogP contribution >= 0.6 is 0 Å². The number of carbonyl (C=O) groups is 1. The van der Waals surface area contributed by atoms with E-state index in [9.17, 15) is 9.90 Å². The molecule has 3 aromatic rings. The third-order valence-corrected chi connectivity index (χ3v) is 5.77. The van der Waals surface area contributed by atoms with Crippen LogP contribution in [0.15, 0.2) is 58.6 Å². The van der Waals surface area contributed by atoms with Crippen molar-refractivity contribution in [2.45, 2.75) is 19.5 Å². The third-order valence-electron chi connectivity index (χ3n) is 5.77. The Morgan fingerprint density at radius 3 is 2.75 bits per heavy atom. The predicted molar refractivity (Wildman–Crippen MR) is 135 cm³/mol. The van der Waals surface area contributed by atoms with Gasteiger partial charge >= 0.3 is 5.97 Å². The lowest BCUT2D eigenvalue weighted by molar-refractivity contribution is -0.141. The number of hydrogen-bond donors (Lipinski definition) is 3. The zero-order chi connectivity index (χ0) is 25.5. The van der Waals surface area contributed by atoms with Gasteiger partial charge in [0, 0.05) is 18.7 Å². The molecule has 5 N–H and O–H groups in total. The van der Waals surface area contributed by atoms with Gasteiger partial charge in [0.15, 0.2) is 0 Å². The summed E-state index contributed by atoms with van der Waals surface area (Å²) in [5.74, 6) is 4.58. The number of carboxylic acid groups (broad SMARTS) is 1. The van der Waals surface area contributed by atoms with Crippen LogP contribution < -0.4 is 11.6 Å². The maximum absolute atomic E-state index is 11.2. The van der Waals surface area contributed by atoms with Gasteiger partial charge in [0.2, 0.25) is 5.95 Å². The first-order chi connectivity index (χ1) is 17.4. The summed E-state index contributed by atoms with van der Waals surface area (Å²) in [6.07, 6.45) is 2.16. The van der Waals surface area contributed by atoms with Crippen molar-refractivity contribution in [3.05, 3.63) is 71.2 Å². The second kappa shape index (κ2) is 11.2. The number of hydrogen-bond acceptors (Lipinski definition) is 10. The van der Waals surface area contributed by atoms with Gasteiger partial charge in [0.25, 0.3) is 0 Å². The Kier molecular flexibility index (Phi) is 7.57. The molecule has 1 aliphatic rings. The molecule has 0 saturated carbocycles. The summed E-state index contributed by atoms with van der Waals surface area (Å²) in [6, 6.07) is 16.5. The molecule has 36 heavy (non-hydrogen) atoms. The molecule has 1 saturated heterocycles. The number of aromatic nitrogens is 3. The number of rotatable bonds is 8. The molecule has 0 aliphatic carbocycles. The van der Waals surface area contributed by atoms with E-state index in [-0.39, 0.29) is 11.9 Å². The molecule has 0 amide bonds. The van der Waals surface area contributed by atoms with Crippen LogP contribution in [0.1, 0.15) is 29.1 Å². The lowest BCUT2D eigenvalue weighted by Gasteiger charge is -2.14. The quantitative estimate of drug-likeness (QED) is 0.245. The number of nitrogens with two attached hydrogens (primary N) is 2. The van der Waals surface area contributed by atoms with E-state index in [2.05, 4.69) is 36.0 Å². The minimum absolute atomic E-state index is 0.0424. The highest BCUT2D eigenvalue weighted by Gasteiger charge is 2.27. The Hall–Kier alpha value is -4.69. The number of hydrazone groups is 1. The number of nitrogen functional groups attached to an aromatic ring is 1. The molecule has 0 spiro atoms. The Balaban J connectivity index is 1.45. The first-order valence-corrected chi connectivity index (χ1v) is 11.3. The van der Waals surface area contributed by atoms with Crippen molar-refractivity contribution in [1.82, 2.24) is 19.9 Å². The van der Waals surface area contributed by atoms with Gasteiger partial charge in [0.1, 0.15) is 5.71 Å². The molecule has 1 aliphatic heterocycles. The largest absolute Gasteiger partial charge is 0.481 e. The molecule has 1 unspecified atom stereocenters. The number of nitriles is 1. The second-order valence-corrected chi connectivity index (χ2v) is 8.35. The maximum Gasteiger partial charge on any atom is 0.307 e. The van der Waals surface area contributed by atoms with Crippen LogP contribution in [-0.4, -0.2) is 55.9 Å². The van der Waals surface area contributed by atoms with Crippen LogP contribution in [-0.2, 0) is 17.9 Å². The number of pyridine rings is 1. The lowest BCUT2D eigenvalue weighted by atomic mass is 10.1. The lowest BCUT2D eigenvalue weighted by Crippen LogP contribution is -2.23. The topological polar surface area (TPSA) is 180 Å².